The lowest BCUT2D eigenvalue weighted by molar-refractivity contribution is 0.864. The van der Waals surface area contributed by atoms with E-state index in [1.165, 1.54) is 5.69 Å². The predicted octanol–water partition coefficient (Wildman–Crippen LogP) is 4.40. The summed E-state index contributed by atoms with van der Waals surface area (Å²) in [6, 6.07) is 16.5. The molecule has 7 heteroatoms. The monoisotopic (exact) mass is 394 g/mol. The summed E-state index contributed by atoms with van der Waals surface area (Å²) in [6.45, 7) is 6.27. The lowest BCUT2D eigenvalue weighted by Crippen LogP contribution is -2.21. The Bertz CT molecular complexity index is 979. The average Bonchev–Trinajstić information content (AvgIpc) is 3.08. The van der Waals surface area contributed by atoms with Gasteiger partial charge in [0, 0.05) is 44.1 Å². The summed E-state index contributed by atoms with van der Waals surface area (Å²) in [4.78, 5) is 4.36. The second-order valence-electron chi connectivity index (χ2n) is 6.61. The van der Waals surface area contributed by atoms with Crippen LogP contribution in [0.2, 0.25) is 0 Å². The van der Waals surface area contributed by atoms with E-state index in [0.29, 0.717) is 10.6 Å². The molecule has 6 nitrogen and oxygen atoms in total. The third-order valence-corrected chi connectivity index (χ3v) is 4.90. The first-order valence-corrected chi connectivity index (χ1v) is 9.78. The van der Waals surface area contributed by atoms with Crippen molar-refractivity contribution >= 4 is 29.8 Å². The van der Waals surface area contributed by atoms with Crippen LogP contribution in [0.3, 0.4) is 0 Å². The van der Waals surface area contributed by atoms with Gasteiger partial charge in [-0.25, -0.2) is 5.10 Å². The Morgan fingerprint density at radius 2 is 1.61 bits per heavy atom. The molecule has 0 aliphatic heterocycles. The van der Waals surface area contributed by atoms with Crippen molar-refractivity contribution in [3.63, 3.8) is 0 Å². The fraction of sp³-hybridized carbons (Fsp3) is 0.286. The number of hydrogen-bond acceptors (Lipinski definition) is 5. The molecular formula is C21H26N6S. The van der Waals surface area contributed by atoms with Crippen LogP contribution in [0.15, 0.2) is 53.6 Å². The van der Waals surface area contributed by atoms with Gasteiger partial charge in [0.1, 0.15) is 0 Å². The van der Waals surface area contributed by atoms with Crippen molar-refractivity contribution in [3.8, 4) is 11.4 Å². The second-order valence-corrected chi connectivity index (χ2v) is 7.00. The summed E-state index contributed by atoms with van der Waals surface area (Å²) < 4.78 is 2.12. The van der Waals surface area contributed by atoms with Gasteiger partial charge < -0.3 is 9.80 Å². The first kappa shape index (κ1) is 19.8. The smallest absolute Gasteiger partial charge is 0.216 e. The zero-order chi connectivity index (χ0) is 20.1. The van der Waals surface area contributed by atoms with Crippen molar-refractivity contribution in [3.05, 3.63) is 58.9 Å². The Morgan fingerprint density at radius 3 is 2.18 bits per heavy atom. The molecule has 1 N–H and O–H groups in total. The van der Waals surface area contributed by atoms with Crippen LogP contribution in [-0.2, 0) is 0 Å². The van der Waals surface area contributed by atoms with E-state index in [0.717, 1.165) is 29.9 Å². The molecule has 0 saturated carbocycles. The van der Waals surface area contributed by atoms with Gasteiger partial charge in [-0.15, -0.1) is 0 Å². The minimum Gasteiger partial charge on any atom is -0.378 e. The van der Waals surface area contributed by atoms with Crippen molar-refractivity contribution in [1.29, 1.82) is 0 Å². The molecule has 0 radical (unpaired) electrons. The van der Waals surface area contributed by atoms with E-state index in [1.807, 2.05) is 26.2 Å². The molecule has 0 aliphatic carbocycles. The average molecular weight is 395 g/mol. The summed E-state index contributed by atoms with van der Waals surface area (Å²) in [5, 5.41) is 11.7. The first-order chi connectivity index (χ1) is 13.5. The second kappa shape index (κ2) is 8.84. The highest BCUT2D eigenvalue weighted by molar-refractivity contribution is 7.71. The molecule has 0 spiro atoms. The molecule has 0 bridgehead atoms. The zero-order valence-corrected chi connectivity index (χ0v) is 17.6. The minimum absolute atomic E-state index is 0.462. The Morgan fingerprint density at radius 1 is 1.00 bits per heavy atom. The largest absolute Gasteiger partial charge is 0.378 e. The van der Waals surface area contributed by atoms with Crippen molar-refractivity contribution < 1.29 is 0 Å². The molecule has 0 fully saturated rings. The number of nitrogens with zero attached hydrogens (tertiary/aromatic N) is 5. The number of benzene rings is 2. The van der Waals surface area contributed by atoms with E-state index in [9.17, 15) is 0 Å². The van der Waals surface area contributed by atoms with Gasteiger partial charge in [-0.2, -0.15) is 14.9 Å². The molecule has 3 aromatic rings. The number of anilines is 2. The Balaban J connectivity index is 1.86. The lowest BCUT2D eigenvalue weighted by Gasteiger charge is -2.20. The molecule has 1 heterocycles. The molecule has 2 aromatic carbocycles. The maximum atomic E-state index is 5.36. The van der Waals surface area contributed by atoms with Gasteiger partial charge >= 0.3 is 0 Å². The van der Waals surface area contributed by atoms with Gasteiger partial charge in [-0.05, 0) is 68.0 Å². The molecule has 28 heavy (non-hydrogen) atoms. The van der Waals surface area contributed by atoms with Crippen LogP contribution in [0.1, 0.15) is 19.4 Å². The topological polar surface area (TPSA) is 52.5 Å². The van der Waals surface area contributed by atoms with Crippen LogP contribution < -0.4 is 9.80 Å². The highest BCUT2D eigenvalue weighted by Gasteiger charge is 2.09. The number of rotatable bonds is 7. The Hall–Kier alpha value is -2.93. The number of H-pyrrole nitrogens is 1. The predicted molar refractivity (Wildman–Crippen MR) is 120 cm³/mol. The molecule has 0 saturated heterocycles. The van der Waals surface area contributed by atoms with Crippen molar-refractivity contribution in [2.24, 2.45) is 5.10 Å². The van der Waals surface area contributed by atoms with Gasteiger partial charge in [-0.1, -0.05) is 12.1 Å². The Kier molecular flexibility index (Phi) is 6.26. The van der Waals surface area contributed by atoms with E-state index in [4.69, 9.17) is 12.2 Å². The summed E-state index contributed by atoms with van der Waals surface area (Å²) >= 11 is 5.36. The first-order valence-electron chi connectivity index (χ1n) is 9.38. The molecule has 0 atom stereocenters. The van der Waals surface area contributed by atoms with Crippen LogP contribution in [0.25, 0.3) is 11.4 Å². The maximum absolute atomic E-state index is 5.36. The number of hydrogen-bond donors (Lipinski definition) is 1. The third kappa shape index (κ3) is 4.31. The standard InChI is InChI=1S/C21H26N6S/c1-5-26(6-2)19-13-9-17(10-14-19)20-23-24-21(28)27(20)22-15-16-7-11-18(12-8-16)25(3)4/h7-15H,5-6H2,1-4H3,(H,24,28). The Labute approximate surface area is 171 Å². The number of aromatic amines is 1. The van der Waals surface area contributed by atoms with E-state index >= 15 is 0 Å². The van der Waals surface area contributed by atoms with Gasteiger partial charge in [0.15, 0.2) is 5.82 Å². The molecule has 3 rings (SSSR count). The van der Waals surface area contributed by atoms with Crippen LogP contribution in [-0.4, -0.2) is 48.3 Å². The van der Waals surface area contributed by atoms with Crippen LogP contribution >= 0.6 is 12.2 Å². The van der Waals surface area contributed by atoms with E-state index < -0.39 is 0 Å². The van der Waals surface area contributed by atoms with Crippen molar-refractivity contribution in [2.45, 2.75) is 13.8 Å². The highest BCUT2D eigenvalue weighted by Crippen LogP contribution is 2.22. The fourth-order valence-corrected chi connectivity index (χ4v) is 3.16. The van der Waals surface area contributed by atoms with Crippen molar-refractivity contribution in [1.82, 2.24) is 14.9 Å². The fourth-order valence-electron chi connectivity index (χ4n) is 2.98. The van der Waals surface area contributed by atoms with E-state index in [1.54, 1.807) is 10.9 Å². The summed E-state index contributed by atoms with van der Waals surface area (Å²) in [5.74, 6) is 0.692. The van der Waals surface area contributed by atoms with Gasteiger partial charge in [0.2, 0.25) is 4.77 Å². The molecule has 0 unspecified atom stereocenters. The number of aromatic nitrogens is 3. The summed E-state index contributed by atoms with van der Waals surface area (Å²) in [7, 11) is 4.04. The molecule has 0 amide bonds. The van der Waals surface area contributed by atoms with Gasteiger partial charge in [0.05, 0.1) is 6.21 Å². The van der Waals surface area contributed by atoms with E-state index in [2.05, 4.69) is 75.3 Å². The maximum Gasteiger partial charge on any atom is 0.216 e. The molecule has 1 aromatic heterocycles. The van der Waals surface area contributed by atoms with Gasteiger partial charge in [0.25, 0.3) is 0 Å². The molecular weight excluding hydrogens is 368 g/mol. The van der Waals surface area contributed by atoms with Crippen LogP contribution in [0.5, 0.6) is 0 Å². The summed E-state index contributed by atoms with van der Waals surface area (Å²) in [6.07, 6.45) is 1.79. The van der Waals surface area contributed by atoms with Crippen LogP contribution in [0.4, 0.5) is 11.4 Å². The van der Waals surface area contributed by atoms with E-state index in [-0.39, 0.29) is 0 Å². The van der Waals surface area contributed by atoms with Crippen molar-refractivity contribution in [2.75, 3.05) is 37.0 Å². The molecule has 146 valence electrons. The minimum atomic E-state index is 0.462. The normalized spacial score (nSPS) is 11.1. The molecule has 0 aliphatic rings. The lowest BCUT2D eigenvalue weighted by atomic mass is 10.2. The highest BCUT2D eigenvalue weighted by atomic mass is 32.1. The SMILES string of the molecule is CCN(CC)c1ccc(-c2n[nH]c(=S)n2N=Cc2ccc(N(C)C)cc2)cc1. The van der Waals surface area contributed by atoms with Gasteiger partial charge in [-0.3, -0.25) is 0 Å². The quantitative estimate of drug-likeness (QED) is 0.477. The third-order valence-electron chi connectivity index (χ3n) is 4.64. The number of nitrogens with one attached hydrogen (secondary N) is 1. The zero-order valence-electron chi connectivity index (χ0n) is 16.8. The van der Waals surface area contributed by atoms with Crippen LogP contribution in [0, 0.1) is 4.77 Å². The summed E-state index contributed by atoms with van der Waals surface area (Å²) in [5.41, 5.74) is 4.30.